The van der Waals surface area contributed by atoms with E-state index in [1.165, 1.54) is 0 Å². The molecule has 1 aliphatic rings. The lowest BCUT2D eigenvalue weighted by Crippen LogP contribution is -2.46. The summed E-state index contributed by atoms with van der Waals surface area (Å²) in [6.45, 7) is 6.17. The van der Waals surface area contributed by atoms with Crippen molar-refractivity contribution < 1.29 is 8.42 Å². The maximum atomic E-state index is 12.9. The Hall–Kier alpha value is -0.330. The predicted octanol–water partition coefficient (Wildman–Crippen LogP) is 3.22. The van der Waals surface area contributed by atoms with Crippen LogP contribution in [-0.2, 0) is 10.0 Å². The Bertz CT molecular complexity index is 587. The monoisotopic (exact) mass is 366 g/mol. The highest BCUT2D eigenvalue weighted by Gasteiger charge is 2.31. The summed E-state index contributed by atoms with van der Waals surface area (Å²) in [6.07, 6.45) is 2.53. The molecule has 0 saturated carbocycles. The number of rotatable bonds is 5. The van der Waals surface area contributed by atoms with Crippen molar-refractivity contribution in [2.45, 2.75) is 44.0 Å². The van der Waals surface area contributed by atoms with Crippen molar-refractivity contribution in [1.82, 2.24) is 9.62 Å². The molecule has 1 N–H and O–H groups in total. The Labute approximate surface area is 144 Å². The Morgan fingerprint density at radius 1 is 1.32 bits per heavy atom. The van der Waals surface area contributed by atoms with Gasteiger partial charge >= 0.3 is 0 Å². The largest absolute Gasteiger partial charge is 0.317 e. The number of nitrogens with one attached hydrogen (secondary N) is 1. The Kier molecular flexibility index (Phi) is 7.62. The SMILES string of the molecule is CCCN(C1CCNCC1)S(=O)(=O)c1ccc(C)c(Cl)c1.Cl. The number of piperidine rings is 1. The zero-order valence-electron chi connectivity index (χ0n) is 13.0. The van der Waals surface area contributed by atoms with Gasteiger partial charge in [-0.2, -0.15) is 4.31 Å². The molecule has 1 aliphatic heterocycles. The summed E-state index contributed by atoms with van der Waals surface area (Å²) < 4.78 is 27.5. The van der Waals surface area contributed by atoms with Crippen molar-refractivity contribution in [3.63, 3.8) is 0 Å². The lowest BCUT2D eigenvalue weighted by atomic mass is 10.1. The fourth-order valence-electron chi connectivity index (χ4n) is 2.68. The molecule has 1 saturated heterocycles. The van der Waals surface area contributed by atoms with E-state index in [-0.39, 0.29) is 18.4 Å². The molecule has 7 heteroatoms. The van der Waals surface area contributed by atoms with Crippen molar-refractivity contribution in [1.29, 1.82) is 0 Å². The van der Waals surface area contributed by atoms with Gasteiger partial charge in [0.1, 0.15) is 0 Å². The van der Waals surface area contributed by atoms with Crippen LogP contribution in [0.2, 0.25) is 5.02 Å². The van der Waals surface area contributed by atoms with Gasteiger partial charge in [0.2, 0.25) is 10.0 Å². The zero-order valence-corrected chi connectivity index (χ0v) is 15.4. The number of aryl methyl sites for hydroxylation is 1. The van der Waals surface area contributed by atoms with Gasteiger partial charge < -0.3 is 5.32 Å². The van der Waals surface area contributed by atoms with Crippen LogP contribution in [0, 0.1) is 6.92 Å². The van der Waals surface area contributed by atoms with Gasteiger partial charge in [0.15, 0.2) is 0 Å². The molecule has 0 unspecified atom stereocenters. The summed E-state index contributed by atoms with van der Waals surface area (Å²) in [5.74, 6) is 0. The van der Waals surface area contributed by atoms with Gasteiger partial charge in [-0.25, -0.2) is 8.42 Å². The third-order valence-corrected chi connectivity index (χ3v) is 6.26. The van der Waals surface area contributed by atoms with Crippen LogP contribution in [0.4, 0.5) is 0 Å². The molecule has 1 aromatic carbocycles. The minimum Gasteiger partial charge on any atom is -0.317 e. The number of benzene rings is 1. The van der Waals surface area contributed by atoms with Crippen LogP contribution in [0.15, 0.2) is 23.1 Å². The first-order chi connectivity index (χ1) is 9.96. The van der Waals surface area contributed by atoms with Crippen LogP contribution in [-0.4, -0.2) is 38.4 Å². The van der Waals surface area contributed by atoms with Crippen molar-refractivity contribution in [2.24, 2.45) is 0 Å². The second kappa shape index (κ2) is 8.50. The average molecular weight is 367 g/mol. The van der Waals surface area contributed by atoms with Gasteiger partial charge in [-0.3, -0.25) is 0 Å². The minimum absolute atomic E-state index is 0. The van der Waals surface area contributed by atoms with Gasteiger partial charge in [-0.1, -0.05) is 24.6 Å². The quantitative estimate of drug-likeness (QED) is 0.869. The summed E-state index contributed by atoms with van der Waals surface area (Å²) in [6, 6.07) is 5.06. The van der Waals surface area contributed by atoms with Crippen LogP contribution in [0.1, 0.15) is 31.7 Å². The van der Waals surface area contributed by atoms with Gasteiger partial charge in [0.05, 0.1) is 4.90 Å². The van der Waals surface area contributed by atoms with E-state index in [0.29, 0.717) is 16.5 Å². The van der Waals surface area contributed by atoms with Crippen molar-refractivity contribution in [2.75, 3.05) is 19.6 Å². The first kappa shape index (κ1) is 19.7. The highest BCUT2D eigenvalue weighted by Crippen LogP contribution is 2.26. The maximum Gasteiger partial charge on any atom is 0.243 e. The van der Waals surface area contributed by atoms with E-state index in [4.69, 9.17) is 11.6 Å². The van der Waals surface area contributed by atoms with Gasteiger partial charge in [-0.05, 0) is 57.0 Å². The second-order valence-electron chi connectivity index (χ2n) is 5.51. The number of nitrogens with zero attached hydrogens (tertiary/aromatic N) is 1. The summed E-state index contributed by atoms with van der Waals surface area (Å²) in [7, 11) is -3.48. The Balaban J connectivity index is 0.00000242. The first-order valence-electron chi connectivity index (χ1n) is 7.45. The predicted molar refractivity (Wildman–Crippen MR) is 93.5 cm³/mol. The molecule has 0 aromatic heterocycles. The zero-order chi connectivity index (χ0) is 15.5. The maximum absolute atomic E-state index is 12.9. The van der Waals surface area contributed by atoms with E-state index in [0.717, 1.165) is 37.9 Å². The van der Waals surface area contributed by atoms with Crippen LogP contribution in [0.5, 0.6) is 0 Å². The molecule has 0 radical (unpaired) electrons. The molecular formula is C15H24Cl2N2O2S. The molecule has 4 nitrogen and oxygen atoms in total. The topological polar surface area (TPSA) is 49.4 Å². The highest BCUT2D eigenvalue weighted by molar-refractivity contribution is 7.89. The second-order valence-corrected chi connectivity index (χ2v) is 7.81. The summed E-state index contributed by atoms with van der Waals surface area (Å²) in [5.41, 5.74) is 0.888. The van der Waals surface area contributed by atoms with E-state index in [1.54, 1.807) is 22.5 Å². The highest BCUT2D eigenvalue weighted by atomic mass is 35.5. The molecule has 0 bridgehead atoms. The third kappa shape index (κ3) is 4.36. The normalized spacial score (nSPS) is 16.5. The molecule has 126 valence electrons. The standard InChI is InChI=1S/C15H23ClN2O2S.ClH/c1-3-10-18(13-6-8-17-9-7-13)21(19,20)14-5-4-12(2)15(16)11-14;/h4-5,11,13,17H,3,6-10H2,1-2H3;1H. The smallest absolute Gasteiger partial charge is 0.243 e. The molecule has 1 aromatic rings. The Morgan fingerprint density at radius 2 is 1.95 bits per heavy atom. The minimum atomic E-state index is -3.48. The number of halogens is 2. The van der Waals surface area contributed by atoms with E-state index in [9.17, 15) is 8.42 Å². The van der Waals surface area contributed by atoms with Crippen molar-refractivity contribution in [3.05, 3.63) is 28.8 Å². The molecule has 22 heavy (non-hydrogen) atoms. The molecule has 0 spiro atoms. The van der Waals surface area contributed by atoms with Gasteiger partial charge in [0.25, 0.3) is 0 Å². The Morgan fingerprint density at radius 3 is 2.50 bits per heavy atom. The van der Waals surface area contributed by atoms with Gasteiger partial charge in [0, 0.05) is 17.6 Å². The third-order valence-electron chi connectivity index (χ3n) is 3.91. The molecule has 0 amide bonds. The fraction of sp³-hybridized carbons (Fsp3) is 0.600. The molecular weight excluding hydrogens is 343 g/mol. The lowest BCUT2D eigenvalue weighted by molar-refractivity contribution is 0.262. The van der Waals surface area contributed by atoms with Crippen LogP contribution >= 0.6 is 24.0 Å². The number of hydrogen-bond donors (Lipinski definition) is 1. The van der Waals surface area contributed by atoms with Crippen LogP contribution in [0.25, 0.3) is 0 Å². The fourth-order valence-corrected chi connectivity index (χ4v) is 4.73. The van der Waals surface area contributed by atoms with Crippen LogP contribution in [0.3, 0.4) is 0 Å². The first-order valence-corrected chi connectivity index (χ1v) is 9.27. The molecule has 0 aliphatic carbocycles. The van der Waals surface area contributed by atoms with E-state index in [1.807, 2.05) is 13.8 Å². The number of sulfonamides is 1. The molecule has 1 heterocycles. The molecule has 2 rings (SSSR count). The molecule has 0 atom stereocenters. The van der Waals surface area contributed by atoms with E-state index in [2.05, 4.69) is 5.32 Å². The van der Waals surface area contributed by atoms with E-state index >= 15 is 0 Å². The van der Waals surface area contributed by atoms with Crippen LogP contribution < -0.4 is 5.32 Å². The van der Waals surface area contributed by atoms with Gasteiger partial charge in [-0.15, -0.1) is 12.4 Å². The van der Waals surface area contributed by atoms with E-state index < -0.39 is 10.0 Å². The summed E-state index contributed by atoms with van der Waals surface area (Å²) >= 11 is 6.09. The summed E-state index contributed by atoms with van der Waals surface area (Å²) in [4.78, 5) is 0.296. The average Bonchev–Trinajstić information content (AvgIpc) is 2.48. The molecule has 1 fully saturated rings. The number of hydrogen-bond acceptors (Lipinski definition) is 3. The van der Waals surface area contributed by atoms with Crippen molar-refractivity contribution in [3.8, 4) is 0 Å². The lowest BCUT2D eigenvalue weighted by Gasteiger charge is -2.33. The van der Waals surface area contributed by atoms with Crippen molar-refractivity contribution >= 4 is 34.0 Å². The summed E-state index contributed by atoms with van der Waals surface area (Å²) in [5, 5.41) is 3.77.